The van der Waals surface area contributed by atoms with Crippen LogP contribution < -0.4 is 0 Å². The summed E-state index contributed by atoms with van der Waals surface area (Å²) >= 11 is 0. The maximum Gasteiger partial charge on any atom is 0.0793 e. The number of aliphatic hydroxyl groups excluding tert-OH is 2. The fraction of sp³-hybridized carbons (Fsp3) is 0.500. The Kier molecular flexibility index (Phi) is 4.63. The summed E-state index contributed by atoms with van der Waals surface area (Å²) < 4.78 is 0. The van der Waals surface area contributed by atoms with Crippen LogP contribution >= 0.6 is 0 Å². The number of hydrogen-bond donors (Lipinski definition) is 2. The molecule has 14 heavy (non-hydrogen) atoms. The molecule has 0 aliphatic carbocycles. The van der Waals surface area contributed by atoms with E-state index in [1.54, 1.807) is 0 Å². The number of hydrogen-bond acceptors (Lipinski definition) is 2. The Labute approximate surface area is 85.2 Å². The summed E-state index contributed by atoms with van der Waals surface area (Å²) in [4.78, 5) is 0. The minimum atomic E-state index is -0.432. The van der Waals surface area contributed by atoms with Crippen LogP contribution in [0.15, 0.2) is 24.3 Å². The van der Waals surface area contributed by atoms with Crippen LogP contribution in [0.5, 0.6) is 0 Å². The zero-order valence-electron chi connectivity index (χ0n) is 8.61. The molecule has 1 atom stereocenters. The van der Waals surface area contributed by atoms with Crippen LogP contribution in [-0.4, -0.2) is 10.2 Å². The molecule has 0 fully saturated rings. The van der Waals surface area contributed by atoms with Crippen molar-refractivity contribution >= 4 is 0 Å². The van der Waals surface area contributed by atoms with Crippen LogP contribution in [0.1, 0.15) is 43.4 Å². The van der Waals surface area contributed by atoms with Gasteiger partial charge in [-0.1, -0.05) is 44.0 Å². The third kappa shape index (κ3) is 2.82. The van der Waals surface area contributed by atoms with Crippen molar-refractivity contribution in [2.24, 2.45) is 0 Å². The maximum absolute atomic E-state index is 9.85. The Morgan fingerprint density at radius 3 is 2.64 bits per heavy atom. The Bertz CT molecular complexity index is 271. The van der Waals surface area contributed by atoms with E-state index in [0.29, 0.717) is 0 Å². The van der Waals surface area contributed by atoms with Gasteiger partial charge in [0.05, 0.1) is 12.7 Å². The first-order valence-electron chi connectivity index (χ1n) is 5.16. The van der Waals surface area contributed by atoms with Crippen molar-refractivity contribution in [2.45, 2.75) is 38.9 Å². The molecule has 0 amide bonds. The lowest BCUT2D eigenvalue weighted by molar-refractivity contribution is 0.160. The third-order valence-electron chi connectivity index (χ3n) is 2.42. The van der Waals surface area contributed by atoms with Crippen LogP contribution in [0, 0.1) is 0 Å². The van der Waals surface area contributed by atoms with Gasteiger partial charge in [0.2, 0.25) is 0 Å². The number of unbranched alkanes of at least 4 members (excludes halogenated alkanes) is 1. The standard InChI is InChI=1S/C12H18O2/c1-2-3-8-12(14)11-7-5-4-6-10(11)9-13/h4-7,12-14H,2-3,8-9H2,1H3. The van der Waals surface area contributed by atoms with E-state index in [-0.39, 0.29) is 6.61 Å². The molecular weight excluding hydrogens is 176 g/mol. The zero-order valence-corrected chi connectivity index (χ0v) is 8.61. The van der Waals surface area contributed by atoms with Crippen molar-refractivity contribution in [1.82, 2.24) is 0 Å². The van der Waals surface area contributed by atoms with Crippen molar-refractivity contribution in [3.8, 4) is 0 Å². The normalized spacial score (nSPS) is 12.8. The van der Waals surface area contributed by atoms with Crippen molar-refractivity contribution in [3.05, 3.63) is 35.4 Å². The summed E-state index contributed by atoms with van der Waals surface area (Å²) in [7, 11) is 0. The van der Waals surface area contributed by atoms with Crippen LogP contribution in [0.2, 0.25) is 0 Å². The molecule has 0 radical (unpaired) electrons. The summed E-state index contributed by atoms with van der Waals surface area (Å²) in [5.41, 5.74) is 1.69. The van der Waals surface area contributed by atoms with Crippen molar-refractivity contribution < 1.29 is 10.2 Å². The van der Waals surface area contributed by atoms with Crippen molar-refractivity contribution in [2.75, 3.05) is 0 Å². The molecule has 1 aromatic rings. The summed E-state index contributed by atoms with van der Waals surface area (Å²) in [6.45, 7) is 2.10. The van der Waals surface area contributed by atoms with E-state index >= 15 is 0 Å². The van der Waals surface area contributed by atoms with Gasteiger partial charge in [0.15, 0.2) is 0 Å². The molecule has 2 N–H and O–H groups in total. The molecule has 0 aromatic heterocycles. The smallest absolute Gasteiger partial charge is 0.0793 e. The average Bonchev–Trinajstić information content (AvgIpc) is 2.25. The summed E-state index contributed by atoms with van der Waals surface area (Å²) in [5, 5.41) is 18.9. The Morgan fingerprint density at radius 1 is 1.29 bits per heavy atom. The first-order chi connectivity index (χ1) is 6.79. The fourth-order valence-electron chi connectivity index (χ4n) is 1.56. The van der Waals surface area contributed by atoms with Crippen molar-refractivity contribution in [3.63, 3.8) is 0 Å². The Balaban J connectivity index is 2.72. The van der Waals surface area contributed by atoms with Gasteiger partial charge in [-0.2, -0.15) is 0 Å². The monoisotopic (exact) mass is 194 g/mol. The highest BCUT2D eigenvalue weighted by Crippen LogP contribution is 2.22. The zero-order chi connectivity index (χ0) is 10.4. The highest BCUT2D eigenvalue weighted by Gasteiger charge is 2.10. The van der Waals surface area contributed by atoms with Gasteiger partial charge in [0.1, 0.15) is 0 Å². The largest absolute Gasteiger partial charge is 0.392 e. The van der Waals surface area contributed by atoms with Crippen LogP contribution in [-0.2, 0) is 6.61 Å². The molecule has 1 rings (SSSR count). The van der Waals surface area contributed by atoms with Gasteiger partial charge in [-0.15, -0.1) is 0 Å². The van der Waals surface area contributed by atoms with E-state index in [1.807, 2.05) is 24.3 Å². The van der Waals surface area contributed by atoms with Gasteiger partial charge in [-0.05, 0) is 17.5 Å². The molecule has 2 heteroatoms. The van der Waals surface area contributed by atoms with E-state index in [9.17, 15) is 5.11 Å². The third-order valence-corrected chi connectivity index (χ3v) is 2.42. The van der Waals surface area contributed by atoms with E-state index in [0.717, 1.165) is 30.4 Å². The minimum absolute atomic E-state index is 0.000637. The second kappa shape index (κ2) is 5.78. The lowest BCUT2D eigenvalue weighted by Crippen LogP contribution is -2.01. The van der Waals surface area contributed by atoms with E-state index < -0.39 is 6.10 Å². The summed E-state index contributed by atoms with van der Waals surface area (Å²) in [5.74, 6) is 0. The molecule has 2 nitrogen and oxygen atoms in total. The lowest BCUT2D eigenvalue weighted by atomic mass is 9.99. The molecule has 0 saturated heterocycles. The van der Waals surface area contributed by atoms with E-state index in [2.05, 4.69) is 6.92 Å². The predicted molar refractivity (Wildman–Crippen MR) is 56.8 cm³/mol. The highest BCUT2D eigenvalue weighted by molar-refractivity contribution is 5.28. The molecule has 0 bridgehead atoms. The molecule has 0 aliphatic rings. The van der Waals surface area contributed by atoms with Gasteiger partial charge in [-0.25, -0.2) is 0 Å². The Hall–Kier alpha value is -0.860. The van der Waals surface area contributed by atoms with Crippen molar-refractivity contribution in [1.29, 1.82) is 0 Å². The maximum atomic E-state index is 9.85. The average molecular weight is 194 g/mol. The first-order valence-corrected chi connectivity index (χ1v) is 5.16. The van der Waals surface area contributed by atoms with E-state index in [1.165, 1.54) is 0 Å². The second-order valence-electron chi connectivity index (χ2n) is 3.51. The number of aliphatic hydroxyl groups is 2. The van der Waals surface area contributed by atoms with E-state index in [4.69, 9.17) is 5.11 Å². The molecule has 1 unspecified atom stereocenters. The lowest BCUT2D eigenvalue weighted by Gasteiger charge is -2.13. The molecular formula is C12H18O2. The van der Waals surface area contributed by atoms with Gasteiger partial charge in [-0.3, -0.25) is 0 Å². The molecule has 0 heterocycles. The molecule has 0 saturated carbocycles. The second-order valence-corrected chi connectivity index (χ2v) is 3.51. The molecule has 1 aromatic carbocycles. The highest BCUT2D eigenvalue weighted by atomic mass is 16.3. The van der Waals surface area contributed by atoms with Crippen LogP contribution in [0.25, 0.3) is 0 Å². The topological polar surface area (TPSA) is 40.5 Å². The minimum Gasteiger partial charge on any atom is -0.392 e. The summed E-state index contributed by atoms with van der Waals surface area (Å²) in [6, 6.07) is 7.50. The van der Waals surface area contributed by atoms with Gasteiger partial charge < -0.3 is 10.2 Å². The van der Waals surface area contributed by atoms with Gasteiger partial charge in [0, 0.05) is 0 Å². The number of benzene rings is 1. The molecule has 78 valence electrons. The van der Waals surface area contributed by atoms with Gasteiger partial charge >= 0.3 is 0 Å². The Morgan fingerprint density at radius 2 is 2.00 bits per heavy atom. The van der Waals surface area contributed by atoms with Crippen LogP contribution in [0.3, 0.4) is 0 Å². The quantitative estimate of drug-likeness (QED) is 0.755. The van der Waals surface area contributed by atoms with Gasteiger partial charge in [0.25, 0.3) is 0 Å². The first kappa shape index (κ1) is 11.2. The van der Waals surface area contributed by atoms with Crippen LogP contribution in [0.4, 0.5) is 0 Å². The fourth-order valence-corrected chi connectivity index (χ4v) is 1.56. The predicted octanol–water partition coefficient (Wildman–Crippen LogP) is 2.40. The molecule has 0 spiro atoms. The number of rotatable bonds is 5. The summed E-state index contributed by atoms with van der Waals surface area (Å²) in [6.07, 6.45) is 2.44. The SMILES string of the molecule is CCCCC(O)c1ccccc1CO. The molecule has 0 aliphatic heterocycles.